The van der Waals surface area contributed by atoms with Gasteiger partial charge in [0, 0.05) is 12.4 Å². The molecule has 0 aliphatic carbocycles. The number of carbonyl (C=O) groups excluding carboxylic acids is 1. The number of H-pyrrole nitrogens is 1. The Labute approximate surface area is 142 Å². The van der Waals surface area contributed by atoms with Crippen LogP contribution in [0, 0.1) is 12.7 Å². The van der Waals surface area contributed by atoms with Gasteiger partial charge in [-0.1, -0.05) is 6.07 Å². The summed E-state index contributed by atoms with van der Waals surface area (Å²) in [7, 11) is 0. The number of benzene rings is 1. The predicted molar refractivity (Wildman–Crippen MR) is 89.0 cm³/mol. The summed E-state index contributed by atoms with van der Waals surface area (Å²) in [6.07, 6.45) is 5.63. The molecule has 0 saturated carbocycles. The quantitative estimate of drug-likeness (QED) is 0.758. The van der Waals surface area contributed by atoms with Crippen molar-refractivity contribution in [1.29, 1.82) is 0 Å². The number of amides is 1. The number of hydrogen-bond donors (Lipinski definition) is 2. The summed E-state index contributed by atoms with van der Waals surface area (Å²) in [5.74, 6) is -0.903. The number of carbonyl (C=O) groups is 1. The Balaban J connectivity index is 1.77. The van der Waals surface area contributed by atoms with Gasteiger partial charge in [-0.15, -0.1) is 0 Å². The minimum Gasteiger partial charge on any atom is -0.344 e. The van der Waals surface area contributed by atoms with Crippen LogP contribution < -0.4 is 10.9 Å². The van der Waals surface area contributed by atoms with Gasteiger partial charge < -0.3 is 10.3 Å². The number of nitrogens with zero attached hydrogens (tertiary/aromatic N) is 3. The van der Waals surface area contributed by atoms with E-state index in [1.807, 2.05) is 6.92 Å². The zero-order valence-electron chi connectivity index (χ0n) is 13.7. The van der Waals surface area contributed by atoms with Crippen LogP contribution in [0.2, 0.25) is 0 Å². The average molecular weight is 341 g/mol. The molecule has 1 aromatic carbocycles. The summed E-state index contributed by atoms with van der Waals surface area (Å²) in [5.41, 5.74) is 1.55. The maximum Gasteiger partial charge on any atom is 0.271 e. The van der Waals surface area contributed by atoms with Crippen molar-refractivity contribution >= 4 is 5.91 Å². The molecular weight excluding hydrogens is 325 g/mol. The molecule has 3 rings (SSSR count). The van der Waals surface area contributed by atoms with Crippen molar-refractivity contribution in [1.82, 2.24) is 25.1 Å². The van der Waals surface area contributed by atoms with Crippen LogP contribution in [0.4, 0.5) is 4.39 Å². The summed E-state index contributed by atoms with van der Waals surface area (Å²) in [6.45, 7) is 3.61. The van der Waals surface area contributed by atoms with Gasteiger partial charge in [0.2, 0.25) is 0 Å². The van der Waals surface area contributed by atoms with Crippen molar-refractivity contribution in [3.05, 3.63) is 76.0 Å². The molecule has 0 spiro atoms. The van der Waals surface area contributed by atoms with E-state index in [9.17, 15) is 14.0 Å². The van der Waals surface area contributed by atoms with Crippen molar-refractivity contribution in [2.24, 2.45) is 0 Å². The van der Waals surface area contributed by atoms with Gasteiger partial charge in [0.1, 0.15) is 17.2 Å². The Kier molecular flexibility index (Phi) is 4.42. The molecule has 8 heteroatoms. The fourth-order valence-corrected chi connectivity index (χ4v) is 2.34. The van der Waals surface area contributed by atoms with Crippen LogP contribution in [0.3, 0.4) is 0 Å². The highest BCUT2D eigenvalue weighted by Crippen LogP contribution is 2.20. The SMILES string of the molecule is Cc1cnn(-c2ccc([C@H](C)NC(=O)c3c[nH]c(=O)cn3)cc2F)c1. The molecule has 0 saturated heterocycles. The molecule has 1 atom stereocenters. The van der Waals surface area contributed by atoms with Crippen molar-refractivity contribution in [2.75, 3.05) is 0 Å². The number of rotatable bonds is 4. The van der Waals surface area contributed by atoms with Crippen LogP contribution in [-0.2, 0) is 0 Å². The fraction of sp³-hybridized carbons (Fsp3) is 0.176. The van der Waals surface area contributed by atoms with Gasteiger partial charge in [-0.3, -0.25) is 9.59 Å². The van der Waals surface area contributed by atoms with E-state index in [0.29, 0.717) is 11.3 Å². The second-order valence-electron chi connectivity index (χ2n) is 5.66. The van der Waals surface area contributed by atoms with Crippen LogP contribution in [-0.4, -0.2) is 25.7 Å². The van der Waals surface area contributed by atoms with Gasteiger partial charge in [-0.2, -0.15) is 5.10 Å². The molecule has 0 unspecified atom stereocenters. The summed E-state index contributed by atoms with van der Waals surface area (Å²) >= 11 is 0. The monoisotopic (exact) mass is 341 g/mol. The van der Waals surface area contributed by atoms with E-state index >= 15 is 0 Å². The highest BCUT2D eigenvalue weighted by molar-refractivity contribution is 5.92. The number of nitrogens with one attached hydrogen (secondary N) is 2. The Morgan fingerprint density at radius 2 is 2.16 bits per heavy atom. The molecule has 3 aromatic rings. The van der Waals surface area contributed by atoms with E-state index < -0.39 is 23.3 Å². The fourth-order valence-electron chi connectivity index (χ4n) is 2.34. The molecule has 7 nitrogen and oxygen atoms in total. The molecule has 2 heterocycles. The largest absolute Gasteiger partial charge is 0.344 e. The van der Waals surface area contributed by atoms with Gasteiger partial charge in [-0.25, -0.2) is 14.1 Å². The minimum atomic E-state index is -0.462. The Hall–Kier alpha value is -3.29. The molecular formula is C17H16FN5O2. The number of halogens is 1. The molecule has 0 aliphatic rings. The third-order valence-electron chi connectivity index (χ3n) is 3.68. The maximum absolute atomic E-state index is 14.4. The lowest BCUT2D eigenvalue weighted by Crippen LogP contribution is -2.28. The molecule has 25 heavy (non-hydrogen) atoms. The average Bonchev–Trinajstić information content (AvgIpc) is 3.01. The lowest BCUT2D eigenvalue weighted by atomic mass is 10.1. The molecule has 0 aliphatic heterocycles. The normalized spacial score (nSPS) is 12.0. The summed E-state index contributed by atoms with van der Waals surface area (Å²) in [4.78, 5) is 29.2. The molecule has 128 valence electrons. The van der Waals surface area contributed by atoms with Crippen LogP contribution in [0.1, 0.15) is 34.6 Å². The highest BCUT2D eigenvalue weighted by Gasteiger charge is 2.15. The van der Waals surface area contributed by atoms with Gasteiger partial charge in [0.05, 0.1) is 18.4 Å². The zero-order valence-corrected chi connectivity index (χ0v) is 13.7. The first kappa shape index (κ1) is 16.6. The number of aromatic nitrogens is 4. The maximum atomic E-state index is 14.4. The van der Waals surface area contributed by atoms with Crippen LogP contribution in [0.5, 0.6) is 0 Å². The second-order valence-corrected chi connectivity index (χ2v) is 5.66. The van der Waals surface area contributed by atoms with Gasteiger partial charge >= 0.3 is 0 Å². The van der Waals surface area contributed by atoms with Crippen LogP contribution in [0.15, 0.2) is 47.8 Å². The number of hydrogen-bond acceptors (Lipinski definition) is 4. The van der Waals surface area contributed by atoms with E-state index in [-0.39, 0.29) is 5.69 Å². The van der Waals surface area contributed by atoms with Gasteiger partial charge in [0.15, 0.2) is 0 Å². The smallest absolute Gasteiger partial charge is 0.271 e. The highest BCUT2D eigenvalue weighted by atomic mass is 19.1. The van der Waals surface area contributed by atoms with Gasteiger partial charge in [-0.05, 0) is 37.1 Å². The first-order chi connectivity index (χ1) is 11.9. The van der Waals surface area contributed by atoms with Gasteiger partial charge in [0.25, 0.3) is 11.5 Å². The number of aromatic amines is 1. The second kappa shape index (κ2) is 6.68. The van der Waals surface area contributed by atoms with Crippen molar-refractivity contribution in [2.45, 2.75) is 19.9 Å². The standard InChI is InChI=1S/C17H16FN5O2/c1-10-6-21-23(9-10)15-4-3-12(5-13(15)18)11(2)22-17(25)14-7-20-16(24)8-19-14/h3-9,11H,1-2H3,(H,20,24)(H,22,25)/t11-/m0/s1. The third-order valence-corrected chi connectivity index (χ3v) is 3.68. The lowest BCUT2D eigenvalue weighted by molar-refractivity contribution is 0.0934. The van der Waals surface area contributed by atoms with Crippen molar-refractivity contribution < 1.29 is 9.18 Å². The first-order valence-electron chi connectivity index (χ1n) is 7.61. The molecule has 0 bridgehead atoms. The first-order valence-corrected chi connectivity index (χ1v) is 7.61. The van der Waals surface area contributed by atoms with Crippen molar-refractivity contribution in [3.8, 4) is 5.69 Å². The molecule has 2 aromatic heterocycles. The summed E-state index contributed by atoms with van der Waals surface area (Å²) in [6, 6.07) is 4.25. The van der Waals surface area contributed by atoms with E-state index in [2.05, 4.69) is 20.4 Å². The van der Waals surface area contributed by atoms with Crippen molar-refractivity contribution in [3.63, 3.8) is 0 Å². The number of aryl methyl sites for hydroxylation is 1. The lowest BCUT2D eigenvalue weighted by Gasteiger charge is -2.15. The molecule has 0 fully saturated rings. The third kappa shape index (κ3) is 3.63. The van der Waals surface area contributed by atoms with E-state index in [4.69, 9.17) is 0 Å². The molecule has 2 N–H and O–H groups in total. The predicted octanol–water partition coefficient (Wildman–Crippen LogP) is 1.89. The molecule has 0 radical (unpaired) electrons. The Morgan fingerprint density at radius 1 is 1.36 bits per heavy atom. The van der Waals surface area contributed by atoms with E-state index in [0.717, 1.165) is 11.8 Å². The Bertz CT molecular complexity index is 959. The van der Waals surface area contributed by atoms with Crippen LogP contribution in [0.25, 0.3) is 5.69 Å². The molecule has 1 amide bonds. The topological polar surface area (TPSA) is 92.7 Å². The Morgan fingerprint density at radius 3 is 2.76 bits per heavy atom. The van der Waals surface area contributed by atoms with Crippen LogP contribution >= 0.6 is 0 Å². The summed E-state index contributed by atoms with van der Waals surface area (Å²) in [5, 5.41) is 6.80. The van der Waals surface area contributed by atoms with E-state index in [1.165, 1.54) is 16.9 Å². The summed E-state index contributed by atoms with van der Waals surface area (Å²) < 4.78 is 15.8. The van der Waals surface area contributed by atoms with E-state index in [1.54, 1.807) is 31.5 Å². The zero-order chi connectivity index (χ0) is 18.0. The minimum absolute atomic E-state index is 0.0792.